The molecule has 0 aliphatic carbocycles. The van der Waals surface area contributed by atoms with E-state index in [1.54, 1.807) is 12.1 Å². The van der Waals surface area contributed by atoms with E-state index in [0.717, 1.165) is 10.2 Å². The van der Waals surface area contributed by atoms with Crippen LogP contribution in [-0.2, 0) is 6.61 Å². The monoisotopic (exact) mass is 302 g/mol. The van der Waals surface area contributed by atoms with Crippen LogP contribution >= 0.6 is 11.3 Å². The van der Waals surface area contributed by atoms with Crippen molar-refractivity contribution in [3.05, 3.63) is 51.7 Å². The lowest BCUT2D eigenvalue weighted by atomic mass is 10.3. The van der Waals surface area contributed by atoms with Crippen LogP contribution in [0.5, 0.6) is 5.75 Å². The van der Waals surface area contributed by atoms with Crippen LogP contribution in [0.2, 0.25) is 0 Å². The first-order valence-corrected chi connectivity index (χ1v) is 6.89. The van der Waals surface area contributed by atoms with Crippen molar-refractivity contribution in [3.8, 4) is 5.75 Å². The van der Waals surface area contributed by atoms with Crippen molar-refractivity contribution in [1.82, 2.24) is 9.97 Å². The summed E-state index contributed by atoms with van der Waals surface area (Å²) in [6, 6.07) is 8.01. The lowest BCUT2D eigenvalue weighted by Gasteiger charge is -2.06. The second kappa shape index (κ2) is 5.33. The zero-order valence-electron chi connectivity index (χ0n) is 10.7. The third kappa shape index (κ3) is 2.61. The average Bonchev–Trinajstić information content (AvgIpc) is 2.94. The number of thiophene rings is 1. The SMILES string of the molecule is Nc1nc(COc2ccccc2[N+](=O)[O-])nc2sccc12. The fraction of sp³-hybridized carbons (Fsp3) is 0.0769. The molecule has 2 heterocycles. The zero-order chi connectivity index (χ0) is 14.8. The van der Waals surface area contributed by atoms with Crippen molar-refractivity contribution in [2.45, 2.75) is 6.61 Å². The van der Waals surface area contributed by atoms with E-state index in [1.807, 2.05) is 11.4 Å². The highest BCUT2D eigenvalue weighted by atomic mass is 32.1. The van der Waals surface area contributed by atoms with E-state index in [0.29, 0.717) is 11.6 Å². The summed E-state index contributed by atoms with van der Waals surface area (Å²) < 4.78 is 5.45. The fourth-order valence-corrected chi connectivity index (χ4v) is 2.65. The molecule has 0 unspecified atom stereocenters. The number of para-hydroxylation sites is 2. The molecule has 0 radical (unpaired) electrons. The molecular formula is C13H10N4O3S. The highest BCUT2D eigenvalue weighted by molar-refractivity contribution is 7.16. The summed E-state index contributed by atoms with van der Waals surface area (Å²) >= 11 is 1.45. The van der Waals surface area contributed by atoms with Crippen LogP contribution in [0, 0.1) is 10.1 Å². The summed E-state index contributed by atoms with van der Waals surface area (Å²) in [6.45, 7) is 0.0168. The number of nitro benzene ring substituents is 1. The summed E-state index contributed by atoms with van der Waals surface area (Å²) in [5.41, 5.74) is 5.75. The molecule has 0 spiro atoms. The summed E-state index contributed by atoms with van der Waals surface area (Å²) in [7, 11) is 0. The second-order valence-electron chi connectivity index (χ2n) is 4.18. The van der Waals surface area contributed by atoms with Gasteiger partial charge in [0.2, 0.25) is 0 Å². The molecule has 2 aromatic heterocycles. The van der Waals surface area contributed by atoms with Gasteiger partial charge in [0.1, 0.15) is 17.3 Å². The molecule has 106 valence electrons. The van der Waals surface area contributed by atoms with E-state index in [9.17, 15) is 10.1 Å². The number of fused-ring (bicyclic) bond motifs is 1. The molecule has 7 nitrogen and oxygen atoms in total. The highest BCUT2D eigenvalue weighted by Gasteiger charge is 2.14. The molecule has 0 amide bonds. The maximum atomic E-state index is 10.9. The lowest BCUT2D eigenvalue weighted by Crippen LogP contribution is -2.05. The van der Waals surface area contributed by atoms with Crippen LogP contribution < -0.4 is 10.5 Å². The predicted octanol–water partition coefficient (Wildman–Crippen LogP) is 2.76. The van der Waals surface area contributed by atoms with E-state index < -0.39 is 4.92 Å². The quantitative estimate of drug-likeness (QED) is 0.587. The molecule has 0 atom stereocenters. The first-order chi connectivity index (χ1) is 10.1. The molecule has 1 aromatic carbocycles. The van der Waals surface area contributed by atoms with Crippen molar-refractivity contribution in [1.29, 1.82) is 0 Å². The maximum Gasteiger partial charge on any atom is 0.310 e. The van der Waals surface area contributed by atoms with Gasteiger partial charge in [0.25, 0.3) is 0 Å². The Labute approximate surface area is 123 Å². The van der Waals surface area contributed by atoms with Gasteiger partial charge in [0.15, 0.2) is 11.6 Å². The second-order valence-corrected chi connectivity index (χ2v) is 5.07. The number of nitrogen functional groups attached to an aromatic ring is 1. The van der Waals surface area contributed by atoms with Gasteiger partial charge in [-0.1, -0.05) is 12.1 Å². The van der Waals surface area contributed by atoms with Gasteiger partial charge in [0, 0.05) is 6.07 Å². The molecule has 0 saturated heterocycles. The van der Waals surface area contributed by atoms with Crippen LogP contribution in [0.1, 0.15) is 5.82 Å². The molecule has 0 aliphatic rings. The lowest BCUT2D eigenvalue weighted by molar-refractivity contribution is -0.385. The minimum Gasteiger partial charge on any atom is -0.479 e. The largest absolute Gasteiger partial charge is 0.479 e. The van der Waals surface area contributed by atoms with Crippen LogP contribution in [-0.4, -0.2) is 14.9 Å². The van der Waals surface area contributed by atoms with Crippen LogP contribution in [0.25, 0.3) is 10.2 Å². The molecule has 8 heteroatoms. The molecule has 21 heavy (non-hydrogen) atoms. The summed E-state index contributed by atoms with van der Waals surface area (Å²) in [5.74, 6) is 0.943. The zero-order valence-corrected chi connectivity index (χ0v) is 11.5. The molecule has 0 saturated carbocycles. The van der Waals surface area contributed by atoms with E-state index in [4.69, 9.17) is 10.5 Å². The third-order valence-electron chi connectivity index (χ3n) is 2.82. The van der Waals surface area contributed by atoms with E-state index in [2.05, 4.69) is 9.97 Å². The number of anilines is 1. The standard InChI is InChI=1S/C13H10N4O3S/c14-12-8-5-6-21-13(8)16-11(15-12)7-20-10-4-2-1-3-9(10)17(18)19/h1-6H,7H2,(H2,14,15,16). The Bertz CT molecular complexity index is 818. The van der Waals surface area contributed by atoms with Gasteiger partial charge in [-0.2, -0.15) is 0 Å². The van der Waals surface area contributed by atoms with Gasteiger partial charge in [-0.25, -0.2) is 9.97 Å². The number of aromatic nitrogens is 2. The van der Waals surface area contributed by atoms with Crippen LogP contribution in [0.15, 0.2) is 35.7 Å². The van der Waals surface area contributed by atoms with E-state index >= 15 is 0 Å². The number of benzene rings is 1. The number of nitrogens with two attached hydrogens (primary N) is 1. The molecule has 3 rings (SSSR count). The van der Waals surface area contributed by atoms with E-state index in [-0.39, 0.29) is 18.0 Å². The number of ether oxygens (including phenoxy) is 1. The Morgan fingerprint density at radius 2 is 2.10 bits per heavy atom. The van der Waals surface area contributed by atoms with Gasteiger partial charge in [-0.15, -0.1) is 11.3 Å². The number of hydrogen-bond donors (Lipinski definition) is 1. The number of nitrogens with zero attached hydrogens (tertiary/aromatic N) is 3. The molecular weight excluding hydrogens is 292 g/mol. The third-order valence-corrected chi connectivity index (χ3v) is 3.63. The number of nitro groups is 1. The molecule has 0 fully saturated rings. The average molecular weight is 302 g/mol. The summed E-state index contributed by atoms with van der Waals surface area (Å²) in [5, 5.41) is 13.6. The topological polar surface area (TPSA) is 104 Å². The Balaban J connectivity index is 1.85. The van der Waals surface area contributed by atoms with Crippen molar-refractivity contribution in [2.24, 2.45) is 0 Å². The Kier molecular flexibility index (Phi) is 3.36. The molecule has 3 aromatic rings. The van der Waals surface area contributed by atoms with Crippen molar-refractivity contribution in [2.75, 3.05) is 5.73 Å². The van der Waals surface area contributed by atoms with Gasteiger partial charge in [0.05, 0.1) is 10.3 Å². The van der Waals surface area contributed by atoms with Crippen molar-refractivity contribution >= 4 is 33.1 Å². The Hall–Kier alpha value is -2.74. The highest BCUT2D eigenvalue weighted by Crippen LogP contribution is 2.27. The molecule has 2 N–H and O–H groups in total. The van der Waals surface area contributed by atoms with Crippen molar-refractivity contribution < 1.29 is 9.66 Å². The number of hydrogen-bond acceptors (Lipinski definition) is 7. The molecule has 0 aliphatic heterocycles. The number of rotatable bonds is 4. The smallest absolute Gasteiger partial charge is 0.310 e. The Morgan fingerprint density at radius 3 is 2.90 bits per heavy atom. The molecule has 0 bridgehead atoms. The van der Waals surface area contributed by atoms with Gasteiger partial charge >= 0.3 is 5.69 Å². The summed E-state index contributed by atoms with van der Waals surface area (Å²) in [6.07, 6.45) is 0. The normalized spacial score (nSPS) is 10.7. The Morgan fingerprint density at radius 1 is 1.29 bits per heavy atom. The van der Waals surface area contributed by atoms with E-state index in [1.165, 1.54) is 23.5 Å². The van der Waals surface area contributed by atoms with Crippen molar-refractivity contribution in [3.63, 3.8) is 0 Å². The summed E-state index contributed by atoms with van der Waals surface area (Å²) in [4.78, 5) is 19.6. The minimum atomic E-state index is -0.493. The first kappa shape index (κ1) is 13.3. The van der Waals surface area contributed by atoms with Crippen LogP contribution in [0.3, 0.4) is 0 Å². The first-order valence-electron chi connectivity index (χ1n) is 6.01. The van der Waals surface area contributed by atoms with Gasteiger partial charge in [-0.05, 0) is 17.5 Å². The maximum absolute atomic E-state index is 10.9. The fourth-order valence-electron chi connectivity index (χ4n) is 1.86. The van der Waals surface area contributed by atoms with Gasteiger partial charge in [-0.3, -0.25) is 10.1 Å². The predicted molar refractivity (Wildman–Crippen MR) is 79.3 cm³/mol. The minimum absolute atomic E-state index is 0.0168. The van der Waals surface area contributed by atoms with Gasteiger partial charge < -0.3 is 10.5 Å². The van der Waals surface area contributed by atoms with Crippen LogP contribution in [0.4, 0.5) is 11.5 Å².